The highest BCUT2D eigenvalue weighted by Crippen LogP contribution is 2.55. The Balaban J connectivity index is 1.22. The number of halogens is 3. The zero-order chi connectivity index (χ0) is 32.2. The molecule has 5 heterocycles. The van der Waals surface area contributed by atoms with E-state index in [0.717, 1.165) is 42.6 Å². The number of fused-ring (bicyclic) bond motifs is 2. The van der Waals surface area contributed by atoms with Crippen molar-refractivity contribution in [2.45, 2.75) is 114 Å². The predicted octanol–water partition coefficient (Wildman–Crippen LogP) is 4.81. The minimum atomic E-state index is -4.46. The van der Waals surface area contributed by atoms with Gasteiger partial charge in [-0.25, -0.2) is 19.9 Å². The molecule has 0 bridgehead atoms. The quantitative estimate of drug-likeness (QED) is 0.334. The van der Waals surface area contributed by atoms with E-state index in [-0.39, 0.29) is 49.6 Å². The number of anilines is 4. The highest BCUT2D eigenvalue weighted by Gasteiger charge is 2.56. The van der Waals surface area contributed by atoms with Crippen LogP contribution < -0.4 is 15.1 Å². The summed E-state index contributed by atoms with van der Waals surface area (Å²) in [5.74, 6) is 1.59. The van der Waals surface area contributed by atoms with Crippen molar-refractivity contribution in [3.8, 4) is 0 Å². The van der Waals surface area contributed by atoms with E-state index in [4.69, 9.17) is 24.9 Å². The minimum Gasteiger partial charge on any atom is -0.457 e. The number of aromatic nitrogens is 4. The van der Waals surface area contributed by atoms with E-state index in [2.05, 4.69) is 20.2 Å². The van der Waals surface area contributed by atoms with Gasteiger partial charge in [-0.05, 0) is 58.8 Å². The molecule has 7 rings (SSSR count). The molecule has 15 heteroatoms. The second-order valence-corrected chi connectivity index (χ2v) is 13.3. The minimum absolute atomic E-state index is 0.0338. The number of ether oxygens (including phenoxy) is 2. The average molecular weight is 644 g/mol. The largest absolute Gasteiger partial charge is 0.457 e. The lowest BCUT2D eigenvalue weighted by molar-refractivity contribution is -0.169. The topological polar surface area (TPSA) is 133 Å². The van der Waals surface area contributed by atoms with Crippen LogP contribution in [0.25, 0.3) is 0 Å². The van der Waals surface area contributed by atoms with Crippen molar-refractivity contribution in [1.82, 2.24) is 24.8 Å². The number of amides is 1. The van der Waals surface area contributed by atoms with Crippen molar-refractivity contribution in [3.63, 3.8) is 0 Å². The number of hydrogen-bond donors (Lipinski definition) is 2. The number of alkyl halides is 3. The Labute approximate surface area is 265 Å². The average Bonchev–Trinajstić information content (AvgIpc) is 3.73. The van der Waals surface area contributed by atoms with Crippen molar-refractivity contribution in [1.29, 1.82) is 5.41 Å². The third kappa shape index (κ3) is 5.49. The second-order valence-electron chi connectivity index (χ2n) is 13.3. The van der Waals surface area contributed by atoms with Crippen molar-refractivity contribution < 1.29 is 27.4 Å². The van der Waals surface area contributed by atoms with Crippen LogP contribution in [0.15, 0.2) is 12.4 Å². The molecule has 2 aromatic heterocycles. The second kappa shape index (κ2) is 11.8. The molecular formula is C31H40F3N9O3. The Hall–Kier alpha value is -3.75. The van der Waals surface area contributed by atoms with Gasteiger partial charge in [0, 0.05) is 25.7 Å². The lowest BCUT2D eigenvalue weighted by Crippen LogP contribution is -2.46. The van der Waals surface area contributed by atoms with E-state index in [0.29, 0.717) is 55.6 Å². The first kappa shape index (κ1) is 30.9. The summed E-state index contributed by atoms with van der Waals surface area (Å²) in [4.78, 5) is 37.9. The molecule has 2 saturated carbocycles. The van der Waals surface area contributed by atoms with Gasteiger partial charge in [0.2, 0.25) is 11.9 Å². The summed E-state index contributed by atoms with van der Waals surface area (Å²) < 4.78 is 52.1. The van der Waals surface area contributed by atoms with E-state index in [1.165, 1.54) is 0 Å². The number of nitrogens with zero attached hydrogens (tertiary/aromatic N) is 7. The maximum Gasteiger partial charge on any atom is 0.408 e. The van der Waals surface area contributed by atoms with Gasteiger partial charge in [0.05, 0.1) is 41.3 Å². The SMILES string of the molecule is C[C@@H]1CN(c2ncc(N3C(=O)C4(CCCC4)c4c(NC5CCC5)nc(COC(=N)N5CCC[C@@H]5C(F)(F)F)nc43)cn2)C[C@H](C)O1. The normalized spacial score (nSPS) is 26.1. The molecule has 46 heavy (non-hydrogen) atoms. The van der Waals surface area contributed by atoms with Gasteiger partial charge >= 0.3 is 6.18 Å². The van der Waals surface area contributed by atoms with Crippen LogP contribution in [-0.2, 0) is 26.3 Å². The molecule has 2 aromatic rings. The highest BCUT2D eigenvalue weighted by atomic mass is 19.4. The lowest BCUT2D eigenvalue weighted by atomic mass is 9.80. The monoisotopic (exact) mass is 643 g/mol. The summed E-state index contributed by atoms with van der Waals surface area (Å²) in [5.41, 5.74) is 0.430. The van der Waals surface area contributed by atoms with Gasteiger partial charge < -0.3 is 24.6 Å². The molecule has 2 N–H and O–H groups in total. The molecule has 0 radical (unpaired) electrons. The molecule has 5 aliphatic rings. The molecule has 0 aromatic carbocycles. The summed E-state index contributed by atoms with van der Waals surface area (Å²) in [6.45, 7) is 5.10. The molecule has 3 atom stereocenters. The maximum atomic E-state index is 14.4. The number of rotatable bonds is 6. The molecule has 3 aliphatic heterocycles. The summed E-state index contributed by atoms with van der Waals surface area (Å²) >= 11 is 0. The lowest BCUT2D eigenvalue weighted by Gasteiger charge is -2.35. The number of likely N-dealkylation sites (tertiary alicyclic amines) is 1. The van der Waals surface area contributed by atoms with Crippen molar-refractivity contribution in [2.75, 3.05) is 34.8 Å². The smallest absolute Gasteiger partial charge is 0.408 e. The molecular weight excluding hydrogens is 603 g/mol. The Morgan fingerprint density at radius 1 is 1.07 bits per heavy atom. The third-order valence-electron chi connectivity index (χ3n) is 9.96. The third-order valence-corrected chi connectivity index (χ3v) is 9.96. The Morgan fingerprint density at radius 3 is 2.39 bits per heavy atom. The molecule has 2 aliphatic carbocycles. The van der Waals surface area contributed by atoms with Gasteiger partial charge in [-0.15, -0.1) is 0 Å². The first-order valence-corrected chi connectivity index (χ1v) is 16.3. The first-order valence-electron chi connectivity index (χ1n) is 16.3. The maximum absolute atomic E-state index is 14.4. The van der Waals surface area contributed by atoms with E-state index >= 15 is 0 Å². The number of hydrogen-bond acceptors (Lipinski definition) is 10. The van der Waals surface area contributed by atoms with Crippen LogP contribution in [0.2, 0.25) is 0 Å². The van der Waals surface area contributed by atoms with Crippen LogP contribution in [0.4, 0.5) is 36.4 Å². The first-order chi connectivity index (χ1) is 22.0. The number of morpholine rings is 1. The summed E-state index contributed by atoms with van der Waals surface area (Å²) in [6, 6.07) is -2.11. The van der Waals surface area contributed by atoms with Crippen LogP contribution in [-0.4, -0.2) is 86.9 Å². The molecule has 12 nitrogen and oxygen atoms in total. The summed E-state index contributed by atoms with van der Waals surface area (Å²) in [5, 5.41) is 11.9. The zero-order valence-electron chi connectivity index (χ0n) is 26.1. The van der Waals surface area contributed by atoms with Crippen molar-refractivity contribution in [2.24, 2.45) is 0 Å². The van der Waals surface area contributed by atoms with Crippen LogP contribution >= 0.6 is 0 Å². The standard InChI is InChI=1S/C31H40F3N9O3/c1-18-15-41(16-19(2)46-18)29-36-13-21(14-37-29)43-26-24(30(27(43)44)10-3-4-11-30)25(38-20-7-5-8-20)39-23(40-26)17-45-28(35)42-12-6-9-22(42)31(32,33)34/h13-14,18-20,22,35H,3-12,15-17H2,1-2H3,(H,38,39,40)/t18-,19+,22-/m1/s1. The van der Waals surface area contributed by atoms with Crippen molar-refractivity contribution >= 4 is 35.2 Å². The predicted molar refractivity (Wildman–Crippen MR) is 163 cm³/mol. The number of carbonyl (C=O) groups is 1. The van der Waals surface area contributed by atoms with Gasteiger partial charge in [0.1, 0.15) is 17.7 Å². The molecule has 1 spiro atoms. The van der Waals surface area contributed by atoms with Crippen LogP contribution in [0.5, 0.6) is 0 Å². The van der Waals surface area contributed by atoms with Crippen LogP contribution in [0.3, 0.4) is 0 Å². The van der Waals surface area contributed by atoms with Crippen LogP contribution in [0.1, 0.15) is 83.0 Å². The fraction of sp³-hybridized carbons (Fsp3) is 0.677. The molecule has 4 fully saturated rings. The van der Waals surface area contributed by atoms with Gasteiger partial charge in [0.15, 0.2) is 12.4 Å². The number of amidine groups is 1. The van der Waals surface area contributed by atoms with Gasteiger partial charge in [-0.1, -0.05) is 12.8 Å². The molecule has 2 saturated heterocycles. The van der Waals surface area contributed by atoms with Gasteiger partial charge in [-0.3, -0.25) is 15.1 Å². The number of nitrogens with one attached hydrogen (secondary N) is 2. The summed E-state index contributed by atoms with van der Waals surface area (Å²) in [6.07, 6.45) is 5.28. The Kier molecular flexibility index (Phi) is 7.92. The van der Waals surface area contributed by atoms with Gasteiger partial charge in [-0.2, -0.15) is 13.2 Å². The Bertz CT molecular complexity index is 1470. The van der Waals surface area contributed by atoms with E-state index in [1.807, 2.05) is 13.8 Å². The molecule has 1 amide bonds. The fourth-order valence-corrected chi connectivity index (χ4v) is 7.61. The van der Waals surface area contributed by atoms with E-state index < -0.39 is 23.7 Å². The highest BCUT2D eigenvalue weighted by molar-refractivity contribution is 6.13. The molecule has 248 valence electrons. The number of carbonyl (C=O) groups excluding carboxylic acids is 1. The van der Waals surface area contributed by atoms with Crippen molar-refractivity contribution in [3.05, 3.63) is 23.8 Å². The van der Waals surface area contributed by atoms with E-state index in [9.17, 15) is 18.0 Å². The fourth-order valence-electron chi connectivity index (χ4n) is 7.61. The molecule has 0 unspecified atom stereocenters. The van der Waals surface area contributed by atoms with E-state index in [1.54, 1.807) is 17.3 Å². The van der Waals surface area contributed by atoms with Crippen LogP contribution in [0, 0.1) is 5.41 Å². The van der Waals surface area contributed by atoms with Gasteiger partial charge in [0.25, 0.3) is 6.02 Å². The Morgan fingerprint density at radius 2 is 1.76 bits per heavy atom. The summed E-state index contributed by atoms with van der Waals surface area (Å²) in [7, 11) is 0. The zero-order valence-corrected chi connectivity index (χ0v) is 26.1.